The standard InChI is InChI=1S/C13H20N2O/c1-13(2)10-12(8-9-16-13)15(14)11-6-4-3-5-7-11/h3-7,12H,8-10,14H2,1-2H3. The van der Waals surface area contributed by atoms with Gasteiger partial charge in [-0.25, -0.2) is 5.84 Å². The van der Waals surface area contributed by atoms with Gasteiger partial charge in [0.05, 0.1) is 17.3 Å². The lowest BCUT2D eigenvalue weighted by atomic mass is 9.93. The monoisotopic (exact) mass is 220 g/mol. The second kappa shape index (κ2) is 4.44. The molecule has 1 fully saturated rings. The van der Waals surface area contributed by atoms with Gasteiger partial charge >= 0.3 is 0 Å². The molecule has 3 heteroatoms. The summed E-state index contributed by atoms with van der Waals surface area (Å²) in [7, 11) is 0. The van der Waals surface area contributed by atoms with E-state index in [2.05, 4.69) is 13.8 Å². The molecular formula is C13H20N2O. The van der Waals surface area contributed by atoms with Crippen LogP contribution in [0.2, 0.25) is 0 Å². The van der Waals surface area contributed by atoms with E-state index in [-0.39, 0.29) is 5.60 Å². The van der Waals surface area contributed by atoms with Crippen molar-refractivity contribution in [2.75, 3.05) is 11.6 Å². The lowest BCUT2D eigenvalue weighted by molar-refractivity contribution is -0.0590. The van der Waals surface area contributed by atoms with Crippen LogP contribution in [0.15, 0.2) is 30.3 Å². The highest BCUT2D eigenvalue weighted by atomic mass is 16.5. The first kappa shape index (κ1) is 11.4. The number of rotatable bonds is 2. The molecule has 0 aromatic heterocycles. The molecule has 1 aromatic carbocycles. The largest absolute Gasteiger partial charge is 0.375 e. The van der Waals surface area contributed by atoms with Gasteiger partial charge in [-0.05, 0) is 38.8 Å². The summed E-state index contributed by atoms with van der Waals surface area (Å²) < 4.78 is 5.70. The predicted molar refractivity (Wildman–Crippen MR) is 66.2 cm³/mol. The van der Waals surface area contributed by atoms with Crippen LogP contribution in [0.5, 0.6) is 0 Å². The minimum absolute atomic E-state index is 0.0602. The van der Waals surface area contributed by atoms with Crippen LogP contribution in [0.3, 0.4) is 0 Å². The Morgan fingerprint density at radius 3 is 2.62 bits per heavy atom. The van der Waals surface area contributed by atoms with E-state index < -0.39 is 0 Å². The highest BCUT2D eigenvalue weighted by Crippen LogP contribution is 2.28. The summed E-state index contributed by atoms with van der Waals surface area (Å²) in [5, 5.41) is 1.88. The average Bonchev–Trinajstić information content (AvgIpc) is 2.28. The van der Waals surface area contributed by atoms with Gasteiger partial charge in [0.2, 0.25) is 0 Å². The molecule has 1 heterocycles. The van der Waals surface area contributed by atoms with Gasteiger partial charge in [-0.3, -0.25) is 0 Å². The van der Waals surface area contributed by atoms with Crippen LogP contribution in [-0.2, 0) is 4.74 Å². The van der Waals surface area contributed by atoms with Crippen molar-refractivity contribution < 1.29 is 4.74 Å². The molecule has 1 aliphatic heterocycles. The molecular weight excluding hydrogens is 200 g/mol. The summed E-state index contributed by atoms with van der Waals surface area (Å²) in [6.45, 7) is 5.04. The van der Waals surface area contributed by atoms with E-state index in [0.717, 1.165) is 25.1 Å². The normalized spacial score (nSPS) is 24.1. The lowest BCUT2D eigenvalue weighted by Crippen LogP contribution is -2.49. The van der Waals surface area contributed by atoms with E-state index in [1.807, 2.05) is 35.3 Å². The first-order chi connectivity index (χ1) is 7.58. The van der Waals surface area contributed by atoms with Crippen LogP contribution in [0.25, 0.3) is 0 Å². The molecule has 16 heavy (non-hydrogen) atoms. The Morgan fingerprint density at radius 1 is 1.31 bits per heavy atom. The molecule has 0 bridgehead atoms. The van der Waals surface area contributed by atoms with E-state index >= 15 is 0 Å². The molecule has 1 aliphatic rings. The maximum absolute atomic E-state index is 6.17. The molecule has 1 atom stereocenters. The molecule has 1 aromatic rings. The fourth-order valence-corrected chi connectivity index (χ4v) is 2.25. The van der Waals surface area contributed by atoms with Crippen LogP contribution in [-0.4, -0.2) is 18.2 Å². The Bertz CT molecular complexity index is 337. The summed E-state index contributed by atoms with van der Waals surface area (Å²) in [5.41, 5.74) is 1.01. The van der Waals surface area contributed by atoms with Crippen LogP contribution in [0, 0.1) is 0 Å². The number of hydrogen-bond acceptors (Lipinski definition) is 3. The zero-order chi connectivity index (χ0) is 11.6. The van der Waals surface area contributed by atoms with Crippen molar-refractivity contribution >= 4 is 5.69 Å². The van der Waals surface area contributed by atoms with Gasteiger partial charge in [0.1, 0.15) is 0 Å². The third-order valence-corrected chi connectivity index (χ3v) is 3.12. The van der Waals surface area contributed by atoms with Crippen LogP contribution in [0.4, 0.5) is 5.69 Å². The fourth-order valence-electron chi connectivity index (χ4n) is 2.25. The minimum atomic E-state index is -0.0602. The summed E-state index contributed by atoms with van der Waals surface area (Å²) >= 11 is 0. The van der Waals surface area contributed by atoms with Gasteiger partial charge in [0, 0.05) is 6.61 Å². The Labute approximate surface area is 97.2 Å². The van der Waals surface area contributed by atoms with Crippen molar-refractivity contribution in [1.82, 2.24) is 0 Å². The van der Waals surface area contributed by atoms with Gasteiger partial charge in [-0.2, -0.15) is 0 Å². The highest BCUT2D eigenvalue weighted by Gasteiger charge is 2.31. The van der Waals surface area contributed by atoms with E-state index in [1.54, 1.807) is 0 Å². The second-order valence-corrected chi connectivity index (χ2v) is 5.00. The summed E-state index contributed by atoms with van der Waals surface area (Å²) in [6, 6.07) is 10.5. The number of ether oxygens (including phenoxy) is 1. The summed E-state index contributed by atoms with van der Waals surface area (Å²) in [4.78, 5) is 0. The summed E-state index contributed by atoms with van der Waals surface area (Å²) in [5.74, 6) is 6.17. The van der Waals surface area contributed by atoms with Crippen molar-refractivity contribution in [2.24, 2.45) is 5.84 Å². The number of hydrogen-bond donors (Lipinski definition) is 1. The van der Waals surface area contributed by atoms with Gasteiger partial charge < -0.3 is 9.75 Å². The average molecular weight is 220 g/mol. The molecule has 3 nitrogen and oxygen atoms in total. The van der Waals surface area contributed by atoms with Crippen molar-refractivity contribution in [3.8, 4) is 0 Å². The fraction of sp³-hybridized carbons (Fsp3) is 0.538. The van der Waals surface area contributed by atoms with Crippen LogP contribution in [0.1, 0.15) is 26.7 Å². The van der Waals surface area contributed by atoms with E-state index in [4.69, 9.17) is 10.6 Å². The number of anilines is 1. The molecule has 1 saturated heterocycles. The van der Waals surface area contributed by atoms with Crippen LogP contribution >= 0.6 is 0 Å². The highest BCUT2D eigenvalue weighted by molar-refractivity contribution is 5.45. The molecule has 0 amide bonds. The number of nitrogens with two attached hydrogens (primary N) is 1. The SMILES string of the molecule is CC1(C)CC(N(N)c2ccccc2)CCO1. The van der Waals surface area contributed by atoms with Gasteiger partial charge in [-0.15, -0.1) is 0 Å². The van der Waals surface area contributed by atoms with Crippen molar-refractivity contribution in [3.05, 3.63) is 30.3 Å². The lowest BCUT2D eigenvalue weighted by Gasteiger charge is -2.40. The maximum Gasteiger partial charge on any atom is 0.0646 e. The van der Waals surface area contributed by atoms with Crippen molar-refractivity contribution in [1.29, 1.82) is 0 Å². The van der Waals surface area contributed by atoms with E-state index in [9.17, 15) is 0 Å². The number of nitrogens with zero attached hydrogens (tertiary/aromatic N) is 1. The molecule has 2 rings (SSSR count). The minimum Gasteiger partial charge on any atom is -0.375 e. The van der Waals surface area contributed by atoms with Crippen LogP contribution < -0.4 is 10.9 Å². The number of para-hydroxylation sites is 1. The third kappa shape index (κ3) is 2.54. The van der Waals surface area contributed by atoms with E-state index in [1.165, 1.54) is 0 Å². The predicted octanol–water partition coefficient (Wildman–Crippen LogP) is 2.32. The summed E-state index contributed by atoms with van der Waals surface area (Å²) in [6.07, 6.45) is 1.97. The third-order valence-electron chi connectivity index (χ3n) is 3.12. The Hall–Kier alpha value is -1.06. The quantitative estimate of drug-likeness (QED) is 0.614. The molecule has 0 saturated carbocycles. The maximum atomic E-state index is 6.17. The van der Waals surface area contributed by atoms with Gasteiger partial charge in [-0.1, -0.05) is 18.2 Å². The zero-order valence-electron chi connectivity index (χ0n) is 10.0. The van der Waals surface area contributed by atoms with E-state index in [0.29, 0.717) is 6.04 Å². The van der Waals surface area contributed by atoms with Gasteiger partial charge in [0.25, 0.3) is 0 Å². The second-order valence-electron chi connectivity index (χ2n) is 5.00. The zero-order valence-corrected chi connectivity index (χ0v) is 10.0. The molecule has 0 radical (unpaired) electrons. The van der Waals surface area contributed by atoms with Gasteiger partial charge in [0.15, 0.2) is 0 Å². The van der Waals surface area contributed by atoms with Crippen molar-refractivity contribution in [2.45, 2.75) is 38.3 Å². The Balaban J connectivity index is 2.08. The van der Waals surface area contributed by atoms with Crippen molar-refractivity contribution in [3.63, 3.8) is 0 Å². The molecule has 88 valence electrons. The number of hydrazine groups is 1. The Kier molecular flexibility index (Phi) is 3.17. The molecule has 2 N–H and O–H groups in total. The first-order valence-corrected chi connectivity index (χ1v) is 5.81. The Morgan fingerprint density at radius 2 is 2.00 bits per heavy atom. The number of benzene rings is 1. The molecule has 0 aliphatic carbocycles. The molecule has 0 spiro atoms. The first-order valence-electron chi connectivity index (χ1n) is 5.81. The smallest absolute Gasteiger partial charge is 0.0646 e. The topological polar surface area (TPSA) is 38.5 Å². The molecule has 1 unspecified atom stereocenters.